The summed E-state index contributed by atoms with van der Waals surface area (Å²) in [6.07, 6.45) is 5.72. The van der Waals surface area contributed by atoms with Crippen molar-refractivity contribution in [2.45, 2.75) is 97.1 Å². The Morgan fingerprint density at radius 2 is 1.71 bits per heavy atom. The molecule has 9 heteroatoms. The summed E-state index contributed by atoms with van der Waals surface area (Å²) >= 11 is 0. The van der Waals surface area contributed by atoms with E-state index in [0.717, 1.165) is 44.1 Å². The lowest BCUT2D eigenvalue weighted by Crippen LogP contribution is -2.48. The zero-order chi connectivity index (χ0) is 29.8. The van der Waals surface area contributed by atoms with Crippen LogP contribution in [0, 0.1) is 11.8 Å². The van der Waals surface area contributed by atoms with Crippen LogP contribution in [-0.4, -0.2) is 78.1 Å². The Hall–Kier alpha value is -3.10. The summed E-state index contributed by atoms with van der Waals surface area (Å²) in [4.78, 5) is 54.5. The lowest BCUT2D eigenvalue weighted by atomic mass is 9.91. The summed E-state index contributed by atoms with van der Waals surface area (Å²) in [5.74, 6) is -0.215. The first-order valence-corrected chi connectivity index (χ1v) is 15.3. The topological polar surface area (TPSA) is 105 Å². The SMILES string of the molecule is CCOC(=O)C[C@@H](CCc1ccccc1)NC(=O)[C@@H]1CCCN(C(=O)CCC2CCN(C(=O)OC(C)(C)C)CC2)C1. The van der Waals surface area contributed by atoms with Gasteiger partial charge in [0, 0.05) is 38.6 Å². The van der Waals surface area contributed by atoms with Gasteiger partial charge in [-0.3, -0.25) is 14.4 Å². The molecule has 0 aliphatic carbocycles. The average molecular weight is 572 g/mol. The molecule has 1 aromatic carbocycles. The van der Waals surface area contributed by atoms with Gasteiger partial charge in [0.1, 0.15) is 5.60 Å². The molecule has 3 amide bonds. The monoisotopic (exact) mass is 571 g/mol. The second-order valence-corrected chi connectivity index (χ2v) is 12.4. The quantitative estimate of drug-likeness (QED) is 0.385. The Kier molecular flexibility index (Phi) is 12.5. The minimum atomic E-state index is -0.506. The smallest absolute Gasteiger partial charge is 0.410 e. The van der Waals surface area contributed by atoms with Gasteiger partial charge in [-0.05, 0) is 84.1 Å². The van der Waals surface area contributed by atoms with Gasteiger partial charge < -0.3 is 24.6 Å². The van der Waals surface area contributed by atoms with Crippen LogP contribution in [0.25, 0.3) is 0 Å². The van der Waals surface area contributed by atoms with Gasteiger partial charge in [-0.25, -0.2) is 4.79 Å². The molecule has 2 atom stereocenters. The first-order chi connectivity index (χ1) is 19.5. The Bertz CT molecular complexity index is 1000. The molecular formula is C32H49N3O6. The third kappa shape index (κ3) is 11.4. The number of likely N-dealkylation sites (tertiary alicyclic amines) is 2. The second-order valence-electron chi connectivity index (χ2n) is 12.4. The Balaban J connectivity index is 1.45. The molecule has 0 unspecified atom stereocenters. The molecule has 1 aromatic rings. The van der Waals surface area contributed by atoms with E-state index in [1.165, 1.54) is 0 Å². The van der Waals surface area contributed by atoms with Gasteiger partial charge >= 0.3 is 12.1 Å². The van der Waals surface area contributed by atoms with Gasteiger partial charge in [-0.15, -0.1) is 0 Å². The largest absolute Gasteiger partial charge is 0.466 e. The number of ether oxygens (including phenoxy) is 2. The zero-order valence-electron chi connectivity index (χ0n) is 25.4. The van der Waals surface area contributed by atoms with Crippen molar-refractivity contribution < 1.29 is 28.7 Å². The van der Waals surface area contributed by atoms with Gasteiger partial charge in [0.05, 0.1) is 18.9 Å². The molecule has 0 spiro atoms. The van der Waals surface area contributed by atoms with E-state index < -0.39 is 5.60 Å². The molecule has 2 aliphatic rings. The first-order valence-electron chi connectivity index (χ1n) is 15.3. The van der Waals surface area contributed by atoms with Crippen molar-refractivity contribution in [1.82, 2.24) is 15.1 Å². The first kappa shape index (κ1) is 32.4. The molecule has 41 heavy (non-hydrogen) atoms. The number of carbonyl (C=O) groups excluding carboxylic acids is 4. The van der Waals surface area contributed by atoms with E-state index in [2.05, 4.69) is 5.32 Å². The van der Waals surface area contributed by atoms with Gasteiger partial charge in [0.2, 0.25) is 11.8 Å². The summed E-state index contributed by atoms with van der Waals surface area (Å²) in [5, 5.41) is 3.10. The number of piperidine rings is 2. The Labute approximate surface area is 245 Å². The van der Waals surface area contributed by atoms with Crippen LogP contribution in [0.1, 0.15) is 84.6 Å². The van der Waals surface area contributed by atoms with Gasteiger partial charge in [-0.2, -0.15) is 0 Å². The van der Waals surface area contributed by atoms with Crippen molar-refractivity contribution in [3.8, 4) is 0 Å². The van der Waals surface area contributed by atoms with Crippen LogP contribution in [0.5, 0.6) is 0 Å². The summed E-state index contributed by atoms with van der Waals surface area (Å²) < 4.78 is 10.6. The maximum absolute atomic E-state index is 13.3. The van der Waals surface area contributed by atoms with E-state index in [0.29, 0.717) is 51.5 Å². The van der Waals surface area contributed by atoms with Crippen molar-refractivity contribution in [2.75, 3.05) is 32.8 Å². The molecule has 2 heterocycles. The molecule has 9 nitrogen and oxygen atoms in total. The van der Waals surface area contributed by atoms with Crippen LogP contribution in [0.2, 0.25) is 0 Å². The molecule has 228 valence electrons. The summed E-state index contributed by atoms with van der Waals surface area (Å²) in [7, 11) is 0. The van der Waals surface area contributed by atoms with Crippen molar-refractivity contribution in [1.29, 1.82) is 0 Å². The second kappa shape index (κ2) is 15.8. The van der Waals surface area contributed by atoms with Crippen LogP contribution in [0.4, 0.5) is 4.79 Å². The fourth-order valence-electron chi connectivity index (χ4n) is 5.59. The number of benzene rings is 1. The van der Waals surface area contributed by atoms with Crippen LogP contribution < -0.4 is 5.32 Å². The predicted octanol–water partition coefficient (Wildman–Crippen LogP) is 4.72. The van der Waals surface area contributed by atoms with Gasteiger partial charge in [0.25, 0.3) is 0 Å². The number of carbonyl (C=O) groups is 4. The van der Waals surface area contributed by atoms with Crippen LogP contribution in [0.15, 0.2) is 30.3 Å². The molecule has 0 saturated carbocycles. The highest BCUT2D eigenvalue weighted by Gasteiger charge is 2.31. The average Bonchev–Trinajstić information content (AvgIpc) is 2.94. The number of hydrogen-bond acceptors (Lipinski definition) is 6. The maximum Gasteiger partial charge on any atom is 0.410 e. The zero-order valence-corrected chi connectivity index (χ0v) is 25.4. The number of aryl methyl sites for hydroxylation is 1. The maximum atomic E-state index is 13.3. The predicted molar refractivity (Wildman–Crippen MR) is 157 cm³/mol. The fraction of sp³-hybridized carbons (Fsp3) is 0.688. The van der Waals surface area contributed by atoms with Crippen LogP contribution in [-0.2, 0) is 30.3 Å². The molecule has 2 fully saturated rings. The highest BCUT2D eigenvalue weighted by atomic mass is 16.6. The molecule has 2 saturated heterocycles. The van der Waals surface area contributed by atoms with E-state index in [1.807, 2.05) is 56.0 Å². The van der Waals surface area contributed by atoms with Crippen LogP contribution >= 0.6 is 0 Å². The summed E-state index contributed by atoms with van der Waals surface area (Å²) in [6, 6.07) is 9.69. The minimum absolute atomic E-state index is 0.0872. The van der Waals surface area contributed by atoms with Gasteiger partial charge in [-0.1, -0.05) is 30.3 Å². The Morgan fingerprint density at radius 1 is 1.00 bits per heavy atom. The molecular weight excluding hydrogens is 522 g/mol. The van der Waals surface area contributed by atoms with Crippen molar-refractivity contribution in [2.24, 2.45) is 11.8 Å². The fourth-order valence-corrected chi connectivity index (χ4v) is 5.59. The van der Waals surface area contributed by atoms with E-state index in [1.54, 1.807) is 11.8 Å². The van der Waals surface area contributed by atoms with E-state index in [4.69, 9.17) is 9.47 Å². The van der Waals surface area contributed by atoms with Crippen molar-refractivity contribution in [3.63, 3.8) is 0 Å². The number of nitrogens with one attached hydrogen (secondary N) is 1. The number of hydrogen-bond donors (Lipinski definition) is 1. The molecule has 0 radical (unpaired) electrons. The third-order valence-corrected chi connectivity index (χ3v) is 7.87. The molecule has 0 aromatic heterocycles. The molecule has 3 rings (SSSR count). The van der Waals surface area contributed by atoms with Gasteiger partial charge in [0.15, 0.2) is 0 Å². The van der Waals surface area contributed by atoms with Crippen LogP contribution in [0.3, 0.4) is 0 Å². The number of rotatable bonds is 11. The van der Waals surface area contributed by atoms with E-state index in [9.17, 15) is 19.2 Å². The van der Waals surface area contributed by atoms with E-state index in [-0.39, 0.29) is 42.3 Å². The highest BCUT2D eigenvalue weighted by molar-refractivity contribution is 5.82. The van der Waals surface area contributed by atoms with Crippen molar-refractivity contribution >= 4 is 23.9 Å². The minimum Gasteiger partial charge on any atom is -0.466 e. The highest BCUT2D eigenvalue weighted by Crippen LogP contribution is 2.25. The number of esters is 1. The Morgan fingerprint density at radius 3 is 2.37 bits per heavy atom. The normalized spacial score (nSPS) is 18.9. The lowest BCUT2D eigenvalue weighted by Gasteiger charge is -2.35. The standard InChI is InChI=1S/C32H49N3O6/c1-5-40-29(37)22-27(15-13-24-10-7-6-8-11-24)33-30(38)26-12-9-19-35(23-26)28(36)16-14-25-17-20-34(21-18-25)31(39)41-32(2,3)4/h6-8,10-11,25-27H,5,9,12-23H2,1-4H3,(H,33,38)/t26-,27-/m1/s1. The summed E-state index contributed by atoms with van der Waals surface area (Å²) in [6.45, 7) is 10.1. The van der Waals surface area contributed by atoms with Crippen molar-refractivity contribution in [3.05, 3.63) is 35.9 Å². The molecule has 0 bridgehead atoms. The number of nitrogens with zero attached hydrogens (tertiary/aromatic N) is 2. The summed E-state index contributed by atoms with van der Waals surface area (Å²) in [5.41, 5.74) is 0.647. The number of amides is 3. The molecule has 2 aliphatic heterocycles. The molecule has 1 N–H and O–H groups in total. The lowest BCUT2D eigenvalue weighted by molar-refractivity contribution is -0.144. The van der Waals surface area contributed by atoms with E-state index >= 15 is 0 Å². The third-order valence-electron chi connectivity index (χ3n) is 7.87.